The zero-order chi connectivity index (χ0) is 12.4. The molecule has 0 saturated carbocycles. The van der Waals surface area contributed by atoms with Gasteiger partial charge in [0.15, 0.2) is 6.29 Å². The van der Waals surface area contributed by atoms with Crippen LogP contribution in [0.4, 0.5) is 0 Å². The molecule has 1 aromatic heterocycles. The lowest BCUT2D eigenvalue weighted by atomic mass is 10.1. The molecule has 0 radical (unpaired) electrons. The predicted octanol–water partition coefficient (Wildman–Crippen LogP) is 4.40. The number of nitrogens with zero attached hydrogens (tertiary/aromatic N) is 1. The highest BCUT2D eigenvalue weighted by molar-refractivity contribution is 7.15. The average molecular weight is 266 g/mol. The zero-order valence-corrected chi connectivity index (χ0v) is 11.2. The highest BCUT2D eigenvalue weighted by Crippen LogP contribution is 2.32. The Labute approximate surface area is 109 Å². The number of thiazole rings is 1. The molecule has 1 heterocycles. The number of aromatic nitrogens is 1. The summed E-state index contributed by atoms with van der Waals surface area (Å²) in [6.45, 7) is 4.12. The van der Waals surface area contributed by atoms with Gasteiger partial charge in [0.1, 0.15) is 10.7 Å². The lowest BCUT2D eigenvalue weighted by Gasteiger charge is -1.98. The Morgan fingerprint density at radius 1 is 1.29 bits per heavy atom. The number of halogens is 1. The topological polar surface area (TPSA) is 30.0 Å². The summed E-state index contributed by atoms with van der Waals surface area (Å²) in [7, 11) is 0. The lowest BCUT2D eigenvalue weighted by molar-refractivity contribution is 0.111. The second-order valence-corrected chi connectivity index (χ2v) is 5.52. The molecule has 2 aromatic rings. The number of aldehydes is 1. The first-order chi connectivity index (χ1) is 8.11. The van der Waals surface area contributed by atoms with E-state index in [1.165, 1.54) is 0 Å². The Bertz CT molecular complexity index is 531. The van der Waals surface area contributed by atoms with Gasteiger partial charge in [-0.1, -0.05) is 37.6 Å². The highest BCUT2D eigenvalue weighted by atomic mass is 35.5. The monoisotopic (exact) mass is 265 g/mol. The van der Waals surface area contributed by atoms with Crippen LogP contribution in [0.15, 0.2) is 24.3 Å². The van der Waals surface area contributed by atoms with Gasteiger partial charge in [-0.2, -0.15) is 0 Å². The van der Waals surface area contributed by atoms with Gasteiger partial charge in [-0.25, -0.2) is 4.98 Å². The second-order valence-electron chi connectivity index (χ2n) is 4.05. The van der Waals surface area contributed by atoms with Crippen molar-refractivity contribution in [3.05, 3.63) is 39.9 Å². The summed E-state index contributed by atoms with van der Waals surface area (Å²) >= 11 is 7.41. The first-order valence-electron chi connectivity index (χ1n) is 5.33. The third kappa shape index (κ3) is 2.56. The molecular weight excluding hydrogens is 254 g/mol. The van der Waals surface area contributed by atoms with Gasteiger partial charge in [0.25, 0.3) is 0 Å². The fraction of sp³-hybridized carbons (Fsp3) is 0.231. The Kier molecular flexibility index (Phi) is 3.60. The van der Waals surface area contributed by atoms with Crippen molar-refractivity contribution in [3.63, 3.8) is 0 Å². The number of carbonyl (C=O) groups is 1. The number of rotatable bonds is 3. The second kappa shape index (κ2) is 4.98. The van der Waals surface area contributed by atoms with Gasteiger partial charge < -0.3 is 0 Å². The summed E-state index contributed by atoms with van der Waals surface area (Å²) in [5.41, 5.74) is 1.55. The van der Waals surface area contributed by atoms with E-state index in [4.69, 9.17) is 11.6 Å². The van der Waals surface area contributed by atoms with E-state index in [9.17, 15) is 4.79 Å². The molecule has 88 valence electrons. The zero-order valence-electron chi connectivity index (χ0n) is 9.61. The summed E-state index contributed by atoms with van der Waals surface area (Å²) in [5, 5.41) is 1.57. The minimum Gasteiger partial charge on any atom is -0.296 e. The van der Waals surface area contributed by atoms with Crippen LogP contribution < -0.4 is 0 Å². The van der Waals surface area contributed by atoms with Crippen LogP contribution in [0.3, 0.4) is 0 Å². The van der Waals surface area contributed by atoms with Crippen molar-refractivity contribution in [3.8, 4) is 10.6 Å². The van der Waals surface area contributed by atoms with Crippen molar-refractivity contribution in [2.75, 3.05) is 0 Å². The van der Waals surface area contributed by atoms with E-state index in [0.717, 1.165) is 21.7 Å². The third-order valence-electron chi connectivity index (χ3n) is 2.41. The van der Waals surface area contributed by atoms with Crippen LogP contribution >= 0.6 is 22.9 Å². The molecule has 0 fully saturated rings. The van der Waals surface area contributed by atoms with E-state index in [1.807, 2.05) is 24.3 Å². The van der Waals surface area contributed by atoms with Crippen LogP contribution in [0.25, 0.3) is 10.6 Å². The Morgan fingerprint density at radius 3 is 2.41 bits per heavy atom. The van der Waals surface area contributed by atoms with Gasteiger partial charge in [-0.05, 0) is 18.1 Å². The largest absolute Gasteiger partial charge is 0.296 e. The summed E-state index contributed by atoms with van der Waals surface area (Å²) in [4.78, 5) is 16.3. The summed E-state index contributed by atoms with van der Waals surface area (Å²) in [6, 6.07) is 7.49. The Morgan fingerprint density at radius 2 is 1.94 bits per heavy atom. The molecule has 0 spiro atoms. The first kappa shape index (κ1) is 12.3. The number of benzene rings is 1. The van der Waals surface area contributed by atoms with Crippen LogP contribution in [0.2, 0.25) is 5.02 Å². The molecule has 1 aromatic carbocycles. The lowest BCUT2D eigenvalue weighted by Crippen LogP contribution is -1.89. The van der Waals surface area contributed by atoms with Crippen LogP contribution in [0, 0.1) is 0 Å². The molecule has 4 heteroatoms. The first-order valence-corrected chi connectivity index (χ1v) is 6.53. The fourth-order valence-corrected chi connectivity index (χ4v) is 2.72. The van der Waals surface area contributed by atoms with E-state index < -0.39 is 0 Å². The minimum absolute atomic E-state index is 0.314. The van der Waals surface area contributed by atoms with Crippen LogP contribution in [0.5, 0.6) is 0 Å². The molecule has 0 aliphatic carbocycles. The van der Waals surface area contributed by atoms with Crippen LogP contribution in [-0.4, -0.2) is 11.3 Å². The van der Waals surface area contributed by atoms with Crippen LogP contribution in [0.1, 0.15) is 35.1 Å². The summed E-state index contributed by atoms with van der Waals surface area (Å²) in [6.07, 6.45) is 0.825. The van der Waals surface area contributed by atoms with E-state index in [-0.39, 0.29) is 0 Å². The number of carbonyl (C=O) groups excluding carboxylic acids is 1. The summed E-state index contributed by atoms with van der Waals surface area (Å²) in [5.74, 6) is 0.314. The molecule has 0 aliphatic rings. The van der Waals surface area contributed by atoms with Crippen molar-refractivity contribution in [1.82, 2.24) is 4.98 Å². The quantitative estimate of drug-likeness (QED) is 0.770. The maximum atomic E-state index is 11.0. The third-order valence-corrected chi connectivity index (χ3v) is 4.08. The molecular formula is C13H12ClNOS. The van der Waals surface area contributed by atoms with Gasteiger partial charge in [0.2, 0.25) is 0 Å². The van der Waals surface area contributed by atoms with Crippen LogP contribution in [-0.2, 0) is 0 Å². The van der Waals surface area contributed by atoms with Crippen molar-refractivity contribution in [2.24, 2.45) is 0 Å². The maximum Gasteiger partial charge on any atom is 0.169 e. The van der Waals surface area contributed by atoms with Gasteiger partial charge in [-0.15, -0.1) is 11.3 Å². The van der Waals surface area contributed by atoms with Gasteiger partial charge in [-0.3, -0.25) is 4.79 Å². The Hall–Kier alpha value is -1.19. The average Bonchev–Trinajstić information content (AvgIpc) is 2.74. The molecule has 2 nitrogen and oxygen atoms in total. The molecule has 0 saturated heterocycles. The predicted molar refractivity (Wildman–Crippen MR) is 72.0 cm³/mol. The van der Waals surface area contributed by atoms with Crippen molar-refractivity contribution in [1.29, 1.82) is 0 Å². The number of hydrogen-bond acceptors (Lipinski definition) is 3. The van der Waals surface area contributed by atoms with E-state index in [0.29, 0.717) is 16.6 Å². The molecule has 0 amide bonds. The van der Waals surface area contributed by atoms with Crippen molar-refractivity contribution >= 4 is 29.2 Å². The van der Waals surface area contributed by atoms with Crippen molar-refractivity contribution < 1.29 is 4.79 Å². The SMILES string of the molecule is CC(C)c1sc(-c2ccc(Cl)cc2)nc1C=O. The molecule has 0 unspecified atom stereocenters. The fourth-order valence-electron chi connectivity index (χ4n) is 1.56. The van der Waals surface area contributed by atoms with E-state index in [2.05, 4.69) is 18.8 Å². The minimum atomic E-state index is 0.314. The highest BCUT2D eigenvalue weighted by Gasteiger charge is 2.14. The van der Waals surface area contributed by atoms with Gasteiger partial charge in [0.05, 0.1) is 0 Å². The normalized spacial score (nSPS) is 10.8. The smallest absolute Gasteiger partial charge is 0.169 e. The van der Waals surface area contributed by atoms with Crippen molar-refractivity contribution in [2.45, 2.75) is 19.8 Å². The number of hydrogen-bond donors (Lipinski definition) is 0. The standard InChI is InChI=1S/C13H12ClNOS/c1-8(2)12-11(7-16)15-13(17-12)9-3-5-10(14)6-4-9/h3-8H,1-2H3. The Balaban J connectivity index is 2.46. The molecule has 0 atom stereocenters. The van der Waals surface area contributed by atoms with E-state index >= 15 is 0 Å². The molecule has 0 aliphatic heterocycles. The molecule has 0 N–H and O–H groups in total. The molecule has 0 bridgehead atoms. The maximum absolute atomic E-state index is 11.0. The van der Waals surface area contributed by atoms with E-state index in [1.54, 1.807) is 11.3 Å². The van der Waals surface area contributed by atoms with Gasteiger partial charge >= 0.3 is 0 Å². The molecule has 17 heavy (non-hydrogen) atoms. The molecule has 2 rings (SSSR count). The summed E-state index contributed by atoms with van der Waals surface area (Å²) < 4.78 is 0. The van der Waals surface area contributed by atoms with Gasteiger partial charge in [0, 0.05) is 15.5 Å².